The van der Waals surface area contributed by atoms with Crippen molar-refractivity contribution >= 4 is 19.8 Å². The van der Waals surface area contributed by atoms with Crippen LogP contribution in [0.15, 0.2) is 97.2 Å². The fraction of sp³-hybridized carbons (Fsp3) is 0.633. The molecule has 0 bridgehead atoms. The molecule has 3 N–H and O–H groups in total. The molecule has 59 heavy (non-hydrogen) atoms. The summed E-state index contributed by atoms with van der Waals surface area (Å²) < 4.78 is 32.7. The Morgan fingerprint density at radius 1 is 0.525 bits per heavy atom. The summed E-state index contributed by atoms with van der Waals surface area (Å²) in [5.74, 6) is -0.939. The molecule has 0 saturated carbocycles. The van der Waals surface area contributed by atoms with Gasteiger partial charge in [-0.05, 0) is 83.5 Å². The molecule has 0 spiro atoms. The summed E-state index contributed by atoms with van der Waals surface area (Å²) in [6.45, 7) is 3.49. The number of esters is 2. The lowest BCUT2D eigenvalue weighted by Crippen LogP contribution is -2.29. The fourth-order valence-electron chi connectivity index (χ4n) is 5.63. The number of hydrogen-bond acceptors (Lipinski definition) is 8. The Morgan fingerprint density at radius 3 is 1.46 bits per heavy atom. The SMILES string of the molecule is CC/C=C\C/C=C\C/C=C\C/C=C\C/C=C\C/C=C\CCC(=O)OC[C@H](COP(=O)(O)OCCN)OC(=O)CCCCCCCCCCC/C=C\C/C=C\CCCCC. The molecule has 0 aliphatic heterocycles. The number of hydrogen-bond donors (Lipinski definition) is 2. The van der Waals surface area contributed by atoms with Gasteiger partial charge in [0.2, 0.25) is 0 Å². The van der Waals surface area contributed by atoms with Crippen molar-refractivity contribution in [3.05, 3.63) is 97.2 Å². The van der Waals surface area contributed by atoms with Crippen LogP contribution in [0.25, 0.3) is 0 Å². The molecule has 0 fully saturated rings. The van der Waals surface area contributed by atoms with Gasteiger partial charge in [0.25, 0.3) is 0 Å². The number of phosphoric acid groups is 1. The van der Waals surface area contributed by atoms with Crippen LogP contribution < -0.4 is 5.73 Å². The Morgan fingerprint density at radius 2 is 0.966 bits per heavy atom. The first-order valence-corrected chi connectivity index (χ1v) is 24.2. The quantitative estimate of drug-likeness (QED) is 0.0267. The minimum atomic E-state index is -4.40. The summed E-state index contributed by atoms with van der Waals surface area (Å²) in [6.07, 6.45) is 57.3. The molecule has 336 valence electrons. The summed E-state index contributed by atoms with van der Waals surface area (Å²) in [7, 11) is -4.40. The van der Waals surface area contributed by atoms with Crippen molar-refractivity contribution in [1.29, 1.82) is 0 Å². The van der Waals surface area contributed by atoms with E-state index in [1.807, 2.05) is 12.2 Å². The van der Waals surface area contributed by atoms with E-state index >= 15 is 0 Å². The molecule has 0 heterocycles. The van der Waals surface area contributed by atoms with Crippen LogP contribution >= 0.6 is 7.82 Å². The van der Waals surface area contributed by atoms with Crippen LogP contribution in [0.1, 0.15) is 168 Å². The molecule has 0 rings (SSSR count). The van der Waals surface area contributed by atoms with E-state index in [0.29, 0.717) is 12.8 Å². The number of carbonyl (C=O) groups excluding carboxylic acids is 2. The van der Waals surface area contributed by atoms with Crippen LogP contribution in [-0.2, 0) is 32.7 Å². The number of phosphoric ester groups is 1. The highest BCUT2D eigenvalue weighted by molar-refractivity contribution is 7.47. The van der Waals surface area contributed by atoms with Crippen molar-refractivity contribution in [3.63, 3.8) is 0 Å². The highest BCUT2D eigenvalue weighted by atomic mass is 31.2. The summed E-state index contributed by atoms with van der Waals surface area (Å²) in [6, 6.07) is 0. The molecule has 0 aromatic carbocycles. The summed E-state index contributed by atoms with van der Waals surface area (Å²) in [4.78, 5) is 34.9. The van der Waals surface area contributed by atoms with Gasteiger partial charge in [-0.3, -0.25) is 18.6 Å². The maximum absolute atomic E-state index is 12.6. The lowest BCUT2D eigenvalue weighted by molar-refractivity contribution is -0.161. The maximum Gasteiger partial charge on any atom is 0.472 e. The van der Waals surface area contributed by atoms with Gasteiger partial charge in [0.05, 0.1) is 13.2 Å². The van der Waals surface area contributed by atoms with Gasteiger partial charge in [-0.1, -0.05) is 169 Å². The van der Waals surface area contributed by atoms with Crippen molar-refractivity contribution in [3.8, 4) is 0 Å². The molecular weight excluding hydrogens is 762 g/mol. The van der Waals surface area contributed by atoms with Gasteiger partial charge in [-0.2, -0.15) is 0 Å². The van der Waals surface area contributed by atoms with Gasteiger partial charge < -0.3 is 20.1 Å². The summed E-state index contributed by atoms with van der Waals surface area (Å²) in [5.41, 5.74) is 5.35. The second-order valence-electron chi connectivity index (χ2n) is 14.5. The molecule has 0 aliphatic rings. The van der Waals surface area contributed by atoms with E-state index < -0.39 is 32.5 Å². The topological polar surface area (TPSA) is 134 Å². The van der Waals surface area contributed by atoms with E-state index in [1.54, 1.807) is 0 Å². The third-order valence-corrected chi connectivity index (χ3v) is 9.95. The van der Waals surface area contributed by atoms with Gasteiger partial charge >= 0.3 is 19.8 Å². The molecule has 0 aromatic rings. The lowest BCUT2D eigenvalue weighted by atomic mass is 10.1. The van der Waals surface area contributed by atoms with E-state index in [-0.39, 0.29) is 32.6 Å². The number of ether oxygens (including phenoxy) is 2. The van der Waals surface area contributed by atoms with Crippen molar-refractivity contribution in [1.82, 2.24) is 0 Å². The Balaban J connectivity index is 4.27. The van der Waals surface area contributed by atoms with E-state index in [2.05, 4.69) is 98.9 Å². The smallest absolute Gasteiger partial charge is 0.462 e. The number of unbranched alkanes of at least 4 members (excludes halogenated alkanes) is 12. The highest BCUT2D eigenvalue weighted by Crippen LogP contribution is 2.43. The molecule has 0 amide bonds. The minimum Gasteiger partial charge on any atom is -0.462 e. The molecule has 0 aliphatic carbocycles. The fourth-order valence-corrected chi connectivity index (χ4v) is 6.40. The average molecular weight is 844 g/mol. The van der Waals surface area contributed by atoms with Crippen LogP contribution in [0, 0.1) is 0 Å². The minimum absolute atomic E-state index is 0.0380. The molecule has 0 saturated heterocycles. The van der Waals surface area contributed by atoms with Gasteiger partial charge in [-0.15, -0.1) is 0 Å². The third kappa shape index (κ3) is 44.3. The molecule has 1 unspecified atom stereocenters. The van der Waals surface area contributed by atoms with Crippen molar-refractivity contribution in [2.24, 2.45) is 5.73 Å². The predicted octanol–water partition coefficient (Wildman–Crippen LogP) is 13.4. The second-order valence-corrected chi connectivity index (χ2v) is 16.0. The zero-order chi connectivity index (χ0) is 43.2. The molecule has 2 atom stereocenters. The van der Waals surface area contributed by atoms with Crippen LogP contribution in [0.2, 0.25) is 0 Å². The van der Waals surface area contributed by atoms with E-state index in [0.717, 1.165) is 70.6 Å². The largest absolute Gasteiger partial charge is 0.472 e. The lowest BCUT2D eigenvalue weighted by Gasteiger charge is -2.19. The molecule has 0 radical (unpaired) electrons. The molecule has 0 aromatic heterocycles. The highest BCUT2D eigenvalue weighted by Gasteiger charge is 2.25. The maximum atomic E-state index is 12.6. The van der Waals surface area contributed by atoms with E-state index in [9.17, 15) is 19.0 Å². The van der Waals surface area contributed by atoms with Crippen molar-refractivity contribution < 1.29 is 37.6 Å². The van der Waals surface area contributed by atoms with Crippen LogP contribution in [0.5, 0.6) is 0 Å². The Labute approximate surface area is 359 Å². The van der Waals surface area contributed by atoms with Gasteiger partial charge in [0, 0.05) is 19.4 Å². The first-order valence-electron chi connectivity index (χ1n) is 22.7. The predicted molar refractivity (Wildman–Crippen MR) is 247 cm³/mol. The summed E-state index contributed by atoms with van der Waals surface area (Å²) in [5, 5.41) is 0. The standard InChI is InChI=1S/C49H82NO8P/c1-3-5-7-9-11-13-15-17-19-21-23-25-27-29-31-33-35-37-39-41-48(51)55-45-47(46-57-59(53,54)56-44-43-50)58-49(52)42-40-38-36-34-32-30-28-26-24-22-20-18-16-14-12-10-8-6-4-2/h5,7,11-14,17-20,23,25,29,31,35,37,47H,3-4,6,8-10,15-16,21-22,24,26-28,30,32-34,36,38-46,50H2,1-2H3,(H,53,54)/b7-5-,13-11-,14-12-,19-17-,20-18-,25-23-,31-29-,37-35-/t47-/m1/s1. The molecular formula is C49H82NO8P. The zero-order valence-corrected chi connectivity index (χ0v) is 37.8. The Bertz CT molecular complexity index is 1280. The van der Waals surface area contributed by atoms with Crippen LogP contribution in [0.4, 0.5) is 0 Å². The van der Waals surface area contributed by atoms with Gasteiger partial charge in [0.1, 0.15) is 6.61 Å². The number of rotatable bonds is 41. The molecule has 9 nitrogen and oxygen atoms in total. The zero-order valence-electron chi connectivity index (χ0n) is 36.9. The molecule has 10 heteroatoms. The second kappa shape index (κ2) is 44.5. The number of carbonyl (C=O) groups is 2. The monoisotopic (exact) mass is 844 g/mol. The first kappa shape index (κ1) is 55.9. The van der Waals surface area contributed by atoms with E-state index in [1.165, 1.54) is 57.8 Å². The Hall–Kier alpha value is -3.07. The van der Waals surface area contributed by atoms with Crippen molar-refractivity contribution in [2.75, 3.05) is 26.4 Å². The van der Waals surface area contributed by atoms with Crippen molar-refractivity contribution in [2.45, 2.75) is 174 Å². The summed E-state index contributed by atoms with van der Waals surface area (Å²) >= 11 is 0. The normalized spacial score (nSPS) is 14.2. The third-order valence-electron chi connectivity index (χ3n) is 8.97. The van der Waals surface area contributed by atoms with Gasteiger partial charge in [0.15, 0.2) is 6.10 Å². The van der Waals surface area contributed by atoms with Crippen LogP contribution in [0.3, 0.4) is 0 Å². The van der Waals surface area contributed by atoms with Crippen LogP contribution in [-0.4, -0.2) is 49.3 Å². The average Bonchev–Trinajstić information content (AvgIpc) is 3.22. The number of allylic oxidation sites excluding steroid dienone is 16. The Kier molecular flexibility index (Phi) is 42.2. The first-order chi connectivity index (χ1) is 28.8. The van der Waals surface area contributed by atoms with Gasteiger partial charge in [-0.25, -0.2) is 4.57 Å². The van der Waals surface area contributed by atoms with E-state index in [4.69, 9.17) is 24.3 Å². The number of nitrogens with two attached hydrogens (primary N) is 1.